The maximum Gasteiger partial charge on any atom is 0.147 e. The minimum Gasteiger partial charge on any atom is -0.306 e. The van der Waals surface area contributed by atoms with Crippen LogP contribution in [0, 0.1) is 20.8 Å². The van der Waals surface area contributed by atoms with Crippen molar-refractivity contribution in [3.63, 3.8) is 0 Å². The highest BCUT2D eigenvalue weighted by atomic mass is 15.4. The topological polar surface area (TPSA) is 37.2 Å². The molecule has 0 amide bonds. The summed E-state index contributed by atoms with van der Waals surface area (Å²) in [6.07, 6.45) is 2.35. The summed E-state index contributed by atoms with van der Waals surface area (Å²) < 4.78 is 2.45. The van der Waals surface area contributed by atoms with E-state index in [1.807, 2.05) is 0 Å². The molecule has 0 bridgehead atoms. The molecule has 3 heterocycles. The molecule has 1 aromatic carbocycles. The van der Waals surface area contributed by atoms with Gasteiger partial charge in [-0.2, -0.15) is 0 Å². The van der Waals surface area contributed by atoms with Crippen LogP contribution < -0.4 is 0 Å². The van der Waals surface area contributed by atoms with Crippen LogP contribution >= 0.6 is 0 Å². The van der Waals surface area contributed by atoms with E-state index in [9.17, 15) is 0 Å². The van der Waals surface area contributed by atoms with Gasteiger partial charge in [0.1, 0.15) is 11.6 Å². The second kappa shape index (κ2) is 6.22. The van der Waals surface area contributed by atoms with Gasteiger partial charge in [0, 0.05) is 26.2 Å². The lowest BCUT2D eigenvalue weighted by Crippen LogP contribution is -2.55. The monoisotopic (exact) mass is 339 g/mol. The molecule has 0 aliphatic carbocycles. The number of likely N-dealkylation sites (N-methyl/N-ethyl adjacent to an activating group) is 1. The number of hydrogen-bond donors (Lipinski definition) is 0. The molecule has 0 saturated carbocycles. The summed E-state index contributed by atoms with van der Waals surface area (Å²) in [6.45, 7) is 11.8. The van der Waals surface area contributed by atoms with Crippen LogP contribution in [0.2, 0.25) is 0 Å². The van der Waals surface area contributed by atoms with E-state index in [0.717, 1.165) is 44.4 Å². The van der Waals surface area contributed by atoms with Crippen molar-refractivity contribution in [1.29, 1.82) is 0 Å². The van der Waals surface area contributed by atoms with Crippen LogP contribution in [0.4, 0.5) is 0 Å². The number of hydrogen-bond acceptors (Lipinski definition) is 4. The first-order valence-electron chi connectivity index (χ1n) is 9.35. The van der Waals surface area contributed by atoms with Crippen molar-refractivity contribution in [2.45, 2.75) is 52.2 Å². The Morgan fingerprint density at radius 3 is 2.36 bits per heavy atom. The number of aryl methyl sites for hydroxylation is 3. The Labute approximate surface area is 150 Å². The number of fused-ring (bicyclic) bond motifs is 2. The Morgan fingerprint density at radius 1 is 1.00 bits per heavy atom. The zero-order chi connectivity index (χ0) is 17.6. The summed E-state index contributed by atoms with van der Waals surface area (Å²) in [7, 11) is 2.21. The summed E-state index contributed by atoms with van der Waals surface area (Å²) in [5.74, 6) is 2.21. The molecule has 2 aromatic rings. The minimum atomic E-state index is 0.176. The molecule has 1 saturated heterocycles. The average Bonchev–Trinajstić information content (AvgIpc) is 2.90. The Hall–Kier alpha value is -1.72. The molecule has 0 unspecified atom stereocenters. The number of rotatable bonds is 2. The molecule has 0 N–H and O–H groups in total. The number of likely N-dealkylation sites (tertiary alicyclic amines) is 1. The van der Waals surface area contributed by atoms with Crippen molar-refractivity contribution in [2.75, 3.05) is 26.7 Å². The molecule has 2 aliphatic rings. The summed E-state index contributed by atoms with van der Waals surface area (Å²) in [6, 6.07) is 6.91. The van der Waals surface area contributed by atoms with E-state index in [-0.39, 0.29) is 5.54 Å². The predicted octanol–water partition coefficient (Wildman–Crippen LogP) is 2.64. The van der Waals surface area contributed by atoms with Gasteiger partial charge in [0.05, 0.1) is 12.1 Å². The summed E-state index contributed by atoms with van der Waals surface area (Å²) >= 11 is 0. The third-order valence-corrected chi connectivity index (χ3v) is 5.82. The van der Waals surface area contributed by atoms with Gasteiger partial charge >= 0.3 is 0 Å². The quantitative estimate of drug-likeness (QED) is 0.843. The molecule has 0 atom stereocenters. The molecule has 25 heavy (non-hydrogen) atoms. The molecule has 2 aliphatic heterocycles. The second-order valence-electron chi connectivity index (χ2n) is 8.17. The van der Waals surface area contributed by atoms with Gasteiger partial charge in [-0.15, -0.1) is 10.2 Å². The molecule has 1 spiro atoms. The molecule has 1 fully saturated rings. The molecule has 5 heteroatoms. The van der Waals surface area contributed by atoms with E-state index in [4.69, 9.17) is 0 Å². The van der Waals surface area contributed by atoms with E-state index in [2.05, 4.69) is 70.6 Å². The molecule has 134 valence electrons. The maximum absolute atomic E-state index is 4.42. The van der Waals surface area contributed by atoms with Crippen molar-refractivity contribution >= 4 is 0 Å². The third kappa shape index (κ3) is 3.11. The second-order valence-corrected chi connectivity index (χ2v) is 8.17. The third-order valence-electron chi connectivity index (χ3n) is 5.82. The standard InChI is InChI=1S/C20H29N5/c1-15-9-16(2)11-18(10-15)12-24-7-5-20(6-8-24)14-23(4)13-19-22-21-17(3)25(19)20/h9-11H,5-8,12-14H2,1-4H3. The van der Waals surface area contributed by atoms with Gasteiger partial charge in [0.25, 0.3) is 0 Å². The zero-order valence-corrected chi connectivity index (χ0v) is 15.9. The SMILES string of the molecule is Cc1cc(C)cc(CN2CCC3(CC2)CN(C)Cc2nnc(C)n23)c1. The lowest BCUT2D eigenvalue weighted by atomic mass is 9.84. The van der Waals surface area contributed by atoms with Crippen molar-refractivity contribution in [2.24, 2.45) is 0 Å². The molecular weight excluding hydrogens is 310 g/mol. The normalized spacial score (nSPS) is 20.8. The van der Waals surface area contributed by atoms with Crippen LogP contribution in [0.15, 0.2) is 18.2 Å². The molecule has 0 radical (unpaired) electrons. The highest BCUT2D eigenvalue weighted by molar-refractivity contribution is 5.28. The summed E-state index contributed by atoms with van der Waals surface area (Å²) in [4.78, 5) is 5.01. The van der Waals surface area contributed by atoms with E-state index in [0.29, 0.717) is 0 Å². The highest BCUT2D eigenvalue weighted by Gasteiger charge is 2.42. The fourth-order valence-corrected chi connectivity index (χ4v) is 4.92. The van der Waals surface area contributed by atoms with Gasteiger partial charge in [-0.25, -0.2) is 0 Å². The fourth-order valence-electron chi connectivity index (χ4n) is 4.92. The lowest BCUT2D eigenvalue weighted by molar-refractivity contribution is 0.0462. The number of benzene rings is 1. The van der Waals surface area contributed by atoms with Crippen molar-refractivity contribution in [1.82, 2.24) is 24.6 Å². The molecule has 4 rings (SSSR count). The van der Waals surface area contributed by atoms with E-state index in [1.165, 1.54) is 29.5 Å². The average molecular weight is 339 g/mol. The molecule has 1 aromatic heterocycles. The molecular formula is C20H29N5. The van der Waals surface area contributed by atoms with Crippen LogP contribution in [-0.2, 0) is 18.6 Å². The van der Waals surface area contributed by atoms with E-state index in [1.54, 1.807) is 0 Å². The fraction of sp³-hybridized carbons (Fsp3) is 0.600. The molecule has 5 nitrogen and oxygen atoms in total. The lowest BCUT2D eigenvalue weighted by Gasteiger charge is -2.48. The van der Waals surface area contributed by atoms with Crippen LogP contribution in [0.25, 0.3) is 0 Å². The summed E-state index contributed by atoms with van der Waals surface area (Å²) in [5.41, 5.74) is 4.34. The first kappa shape index (κ1) is 16.7. The number of piperidine rings is 1. The zero-order valence-electron chi connectivity index (χ0n) is 15.9. The maximum atomic E-state index is 4.42. The summed E-state index contributed by atoms with van der Waals surface area (Å²) in [5, 5.41) is 8.78. The first-order chi connectivity index (χ1) is 11.9. The van der Waals surface area contributed by atoms with Gasteiger partial charge in [0.15, 0.2) is 0 Å². The Bertz CT molecular complexity index is 750. The van der Waals surface area contributed by atoms with Crippen LogP contribution in [0.1, 0.15) is 41.2 Å². The van der Waals surface area contributed by atoms with Gasteiger partial charge in [0.2, 0.25) is 0 Å². The van der Waals surface area contributed by atoms with Crippen molar-refractivity contribution in [3.8, 4) is 0 Å². The Balaban J connectivity index is 1.50. The van der Waals surface area contributed by atoms with E-state index < -0.39 is 0 Å². The van der Waals surface area contributed by atoms with Gasteiger partial charge in [-0.1, -0.05) is 29.3 Å². The first-order valence-corrected chi connectivity index (χ1v) is 9.35. The van der Waals surface area contributed by atoms with Gasteiger partial charge in [-0.3, -0.25) is 9.80 Å². The van der Waals surface area contributed by atoms with Crippen LogP contribution in [0.3, 0.4) is 0 Å². The number of nitrogens with zero attached hydrogens (tertiary/aromatic N) is 5. The van der Waals surface area contributed by atoms with Gasteiger partial charge < -0.3 is 4.57 Å². The van der Waals surface area contributed by atoms with Crippen molar-refractivity contribution < 1.29 is 0 Å². The van der Waals surface area contributed by atoms with Crippen molar-refractivity contribution in [3.05, 3.63) is 46.5 Å². The minimum absolute atomic E-state index is 0.176. The Kier molecular flexibility index (Phi) is 4.16. The van der Waals surface area contributed by atoms with Crippen LogP contribution in [0.5, 0.6) is 0 Å². The van der Waals surface area contributed by atoms with Gasteiger partial charge in [-0.05, 0) is 46.2 Å². The Morgan fingerprint density at radius 2 is 1.68 bits per heavy atom. The largest absolute Gasteiger partial charge is 0.306 e. The predicted molar refractivity (Wildman–Crippen MR) is 99.5 cm³/mol. The van der Waals surface area contributed by atoms with E-state index >= 15 is 0 Å². The smallest absolute Gasteiger partial charge is 0.147 e. The van der Waals surface area contributed by atoms with Crippen LogP contribution in [-0.4, -0.2) is 51.2 Å². The number of aromatic nitrogens is 3. The highest BCUT2D eigenvalue weighted by Crippen LogP contribution is 2.36.